The number of rotatable bonds is 3. The van der Waals surface area contributed by atoms with Gasteiger partial charge in [-0.1, -0.05) is 35.9 Å². The number of para-hydroxylation sites is 1. The summed E-state index contributed by atoms with van der Waals surface area (Å²) in [5, 5.41) is 2.94. The zero-order valence-electron chi connectivity index (χ0n) is 14.8. The SMILES string of the molecule is Cc1ccc(NC(=O)c2cncc(N3CCCc4ccccc43)c2)cc1. The van der Waals surface area contributed by atoms with E-state index in [9.17, 15) is 4.79 Å². The first-order chi connectivity index (χ1) is 12.7. The Kier molecular flexibility index (Phi) is 4.40. The Labute approximate surface area is 153 Å². The lowest BCUT2D eigenvalue weighted by atomic mass is 10.0. The number of hydrogen-bond acceptors (Lipinski definition) is 3. The number of pyridine rings is 1. The van der Waals surface area contributed by atoms with Crippen molar-refractivity contribution >= 4 is 23.0 Å². The Balaban J connectivity index is 1.59. The Morgan fingerprint density at radius 1 is 1.08 bits per heavy atom. The van der Waals surface area contributed by atoms with Gasteiger partial charge in [0, 0.05) is 24.1 Å². The first-order valence-electron chi connectivity index (χ1n) is 8.89. The molecule has 1 amide bonds. The molecule has 0 saturated carbocycles. The minimum Gasteiger partial charge on any atom is -0.340 e. The summed E-state index contributed by atoms with van der Waals surface area (Å²) in [7, 11) is 0. The van der Waals surface area contributed by atoms with E-state index in [4.69, 9.17) is 0 Å². The number of carbonyl (C=O) groups is 1. The average molecular weight is 343 g/mol. The van der Waals surface area contributed by atoms with Gasteiger partial charge in [-0.25, -0.2) is 0 Å². The maximum atomic E-state index is 12.6. The highest BCUT2D eigenvalue weighted by Crippen LogP contribution is 2.33. The predicted octanol–water partition coefficient (Wildman–Crippen LogP) is 4.73. The molecule has 0 atom stereocenters. The molecule has 4 heteroatoms. The van der Waals surface area contributed by atoms with Gasteiger partial charge in [-0.2, -0.15) is 0 Å². The average Bonchev–Trinajstić information content (AvgIpc) is 2.69. The van der Waals surface area contributed by atoms with Crippen molar-refractivity contribution in [3.63, 3.8) is 0 Å². The Hall–Kier alpha value is -3.14. The number of aryl methyl sites for hydroxylation is 2. The fraction of sp³-hybridized carbons (Fsp3) is 0.182. The normalized spacial score (nSPS) is 13.2. The van der Waals surface area contributed by atoms with Crippen LogP contribution in [0.4, 0.5) is 17.1 Å². The van der Waals surface area contributed by atoms with E-state index in [1.54, 1.807) is 6.20 Å². The van der Waals surface area contributed by atoms with Crippen molar-refractivity contribution < 1.29 is 4.79 Å². The van der Waals surface area contributed by atoms with Gasteiger partial charge in [0.25, 0.3) is 5.91 Å². The molecule has 0 saturated heterocycles. The van der Waals surface area contributed by atoms with Gasteiger partial charge in [0.1, 0.15) is 0 Å². The maximum Gasteiger partial charge on any atom is 0.257 e. The van der Waals surface area contributed by atoms with Crippen LogP contribution in [0.2, 0.25) is 0 Å². The molecule has 1 aliphatic rings. The lowest BCUT2D eigenvalue weighted by molar-refractivity contribution is 0.102. The smallest absolute Gasteiger partial charge is 0.257 e. The van der Waals surface area contributed by atoms with Crippen LogP contribution >= 0.6 is 0 Å². The van der Waals surface area contributed by atoms with E-state index in [0.717, 1.165) is 36.3 Å². The molecule has 1 aliphatic heterocycles. The summed E-state index contributed by atoms with van der Waals surface area (Å²) in [5.41, 5.74) is 6.01. The topological polar surface area (TPSA) is 45.2 Å². The van der Waals surface area contributed by atoms with E-state index in [2.05, 4.69) is 39.5 Å². The van der Waals surface area contributed by atoms with Gasteiger partial charge in [0.05, 0.1) is 17.4 Å². The lowest BCUT2D eigenvalue weighted by Gasteiger charge is -2.31. The monoisotopic (exact) mass is 343 g/mol. The van der Waals surface area contributed by atoms with Gasteiger partial charge in [-0.05, 0) is 49.6 Å². The molecule has 0 radical (unpaired) electrons. The molecule has 130 valence electrons. The summed E-state index contributed by atoms with van der Waals surface area (Å²) in [5.74, 6) is -0.145. The minimum absolute atomic E-state index is 0.145. The number of carbonyl (C=O) groups excluding carboxylic acids is 1. The summed E-state index contributed by atoms with van der Waals surface area (Å²) in [6, 6.07) is 18.1. The van der Waals surface area contributed by atoms with Crippen molar-refractivity contribution in [1.82, 2.24) is 4.98 Å². The van der Waals surface area contributed by atoms with E-state index >= 15 is 0 Å². The zero-order chi connectivity index (χ0) is 17.9. The fourth-order valence-electron chi connectivity index (χ4n) is 3.34. The molecule has 26 heavy (non-hydrogen) atoms. The molecule has 0 unspecified atom stereocenters. The van der Waals surface area contributed by atoms with E-state index in [0.29, 0.717) is 5.56 Å². The predicted molar refractivity (Wildman–Crippen MR) is 105 cm³/mol. The first kappa shape index (κ1) is 16.3. The van der Waals surface area contributed by atoms with Crippen molar-refractivity contribution in [2.75, 3.05) is 16.8 Å². The van der Waals surface area contributed by atoms with Crippen LogP contribution in [-0.4, -0.2) is 17.4 Å². The third-order valence-corrected chi connectivity index (χ3v) is 4.72. The first-order valence-corrected chi connectivity index (χ1v) is 8.89. The van der Waals surface area contributed by atoms with Crippen LogP contribution in [0.25, 0.3) is 0 Å². The molecule has 4 rings (SSSR count). The summed E-state index contributed by atoms with van der Waals surface area (Å²) in [4.78, 5) is 19.2. The van der Waals surface area contributed by atoms with E-state index < -0.39 is 0 Å². The van der Waals surface area contributed by atoms with Gasteiger partial charge in [-0.3, -0.25) is 9.78 Å². The van der Waals surface area contributed by atoms with E-state index in [1.807, 2.05) is 43.5 Å². The number of anilines is 3. The molecule has 2 aromatic carbocycles. The molecular formula is C22H21N3O. The molecule has 1 aromatic heterocycles. The number of benzene rings is 2. The highest BCUT2D eigenvalue weighted by molar-refractivity contribution is 6.04. The summed E-state index contributed by atoms with van der Waals surface area (Å²) in [6.45, 7) is 2.96. The Morgan fingerprint density at radius 2 is 1.88 bits per heavy atom. The van der Waals surface area contributed by atoms with Crippen molar-refractivity contribution in [3.05, 3.63) is 83.7 Å². The van der Waals surface area contributed by atoms with E-state index in [1.165, 1.54) is 11.3 Å². The third kappa shape index (κ3) is 3.31. The van der Waals surface area contributed by atoms with Crippen LogP contribution in [0.5, 0.6) is 0 Å². The summed E-state index contributed by atoms with van der Waals surface area (Å²) >= 11 is 0. The molecule has 3 aromatic rings. The van der Waals surface area contributed by atoms with Crippen molar-refractivity contribution in [3.8, 4) is 0 Å². The van der Waals surface area contributed by atoms with E-state index in [-0.39, 0.29) is 5.91 Å². The van der Waals surface area contributed by atoms with Crippen LogP contribution in [0.3, 0.4) is 0 Å². The molecule has 4 nitrogen and oxygen atoms in total. The number of amides is 1. The van der Waals surface area contributed by atoms with Gasteiger partial charge in [-0.15, -0.1) is 0 Å². The summed E-state index contributed by atoms with van der Waals surface area (Å²) in [6.07, 6.45) is 5.62. The minimum atomic E-state index is -0.145. The molecule has 1 N–H and O–H groups in total. The number of hydrogen-bond donors (Lipinski definition) is 1. The van der Waals surface area contributed by atoms with Gasteiger partial charge < -0.3 is 10.2 Å². The molecule has 0 spiro atoms. The zero-order valence-corrected chi connectivity index (χ0v) is 14.8. The third-order valence-electron chi connectivity index (χ3n) is 4.72. The van der Waals surface area contributed by atoms with Crippen LogP contribution in [0, 0.1) is 6.92 Å². The molecule has 0 aliphatic carbocycles. The second-order valence-corrected chi connectivity index (χ2v) is 6.64. The van der Waals surface area contributed by atoms with Gasteiger partial charge >= 0.3 is 0 Å². The largest absolute Gasteiger partial charge is 0.340 e. The Morgan fingerprint density at radius 3 is 2.73 bits per heavy atom. The maximum absolute atomic E-state index is 12.6. The van der Waals surface area contributed by atoms with Crippen molar-refractivity contribution in [2.24, 2.45) is 0 Å². The summed E-state index contributed by atoms with van der Waals surface area (Å²) < 4.78 is 0. The van der Waals surface area contributed by atoms with Gasteiger partial charge in [0.2, 0.25) is 0 Å². The lowest BCUT2D eigenvalue weighted by Crippen LogP contribution is -2.25. The number of nitrogens with zero attached hydrogens (tertiary/aromatic N) is 2. The quantitative estimate of drug-likeness (QED) is 0.748. The number of nitrogens with one attached hydrogen (secondary N) is 1. The highest BCUT2D eigenvalue weighted by Gasteiger charge is 2.19. The van der Waals surface area contributed by atoms with Gasteiger partial charge in [0.15, 0.2) is 0 Å². The molecule has 0 fully saturated rings. The van der Waals surface area contributed by atoms with Crippen LogP contribution < -0.4 is 10.2 Å². The Bertz CT molecular complexity index is 934. The second kappa shape index (κ2) is 7.00. The number of aromatic nitrogens is 1. The van der Waals surface area contributed by atoms with Crippen LogP contribution in [0.1, 0.15) is 27.9 Å². The fourth-order valence-corrected chi connectivity index (χ4v) is 3.34. The number of fused-ring (bicyclic) bond motifs is 1. The van der Waals surface area contributed by atoms with Crippen LogP contribution in [0.15, 0.2) is 67.0 Å². The highest BCUT2D eigenvalue weighted by atomic mass is 16.1. The van der Waals surface area contributed by atoms with Crippen LogP contribution in [-0.2, 0) is 6.42 Å². The van der Waals surface area contributed by atoms with Crippen molar-refractivity contribution in [2.45, 2.75) is 19.8 Å². The molecule has 0 bridgehead atoms. The standard InChI is InChI=1S/C22H21N3O/c1-16-8-10-19(11-9-16)24-22(26)18-13-20(15-23-14-18)25-12-4-6-17-5-2-3-7-21(17)25/h2-3,5,7-11,13-15H,4,6,12H2,1H3,(H,24,26). The second-order valence-electron chi connectivity index (χ2n) is 6.64. The van der Waals surface area contributed by atoms with Crippen molar-refractivity contribution in [1.29, 1.82) is 0 Å². The molecule has 2 heterocycles. The molecular weight excluding hydrogens is 322 g/mol.